The summed E-state index contributed by atoms with van der Waals surface area (Å²) in [5, 5.41) is 0.540. The van der Waals surface area contributed by atoms with Crippen molar-refractivity contribution in [2.45, 2.75) is 11.4 Å². The van der Waals surface area contributed by atoms with Gasteiger partial charge in [-0.2, -0.15) is 0 Å². The fourth-order valence-electron chi connectivity index (χ4n) is 4.45. The number of rotatable bonds is 4. The van der Waals surface area contributed by atoms with Gasteiger partial charge in [-0.05, 0) is 48.0 Å². The Labute approximate surface area is 200 Å². The molecule has 5 nitrogen and oxygen atoms in total. The summed E-state index contributed by atoms with van der Waals surface area (Å²) in [6.07, 6.45) is 0. The monoisotopic (exact) mass is 482 g/mol. The average molecular weight is 483 g/mol. The van der Waals surface area contributed by atoms with Crippen molar-refractivity contribution in [1.29, 1.82) is 0 Å². The second kappa shape index (κ2) is 8.39. The van der Waals surface area contributed by atoms with Gasteiger partial charge in [0, 0.05) is 28.4 Å². The minimum atomic E-state index is -1.33. The highest BCUT2D eigenvalue weighted by molar-refractivity contribution is 8.01. The van der Waals surface area contributed by atoms with Gasteiger partial charge in [0.2, 0.25) is 0 Å². The summed E-state index contributed by atoms with van der Waals surface area (Å²) in [7, 11) is 1.53. The minimum Gasteiger partial charge on any atom is -0.497 e. The number of ether oxygens (including phenoxy) is 1. The molecule has 33 heavy (non-hydrogen) atoms. The lowest BCUT2D eigenvalue weighted by Gasteiger charge is -2.33. The van der Waals surface area contributed by atoms with Crippen molar-refractivity contribution in [2.24, 2.45) is 0 Å². The molecule has 8 heteroatoms. The van der Waals surface area contributed by atoms with Gasteiger partial charge in [0.05, 0.1) is 19.3 Å². The number of nitrogens with zero attached hydrogens (tertiary/aromatic N) is 2. The van der Waals surface area contributed by atoms with Gasteiger partial charge in [0.25, 0.3) is 11.8 Å². The first kappa shape index (κ1) is 21.8. The van der Waals surface area contributed by atoms with Crippen LogP contribution in [0.5, 0.6) is 5.75 Å². The summed E-state index contributed by atoms with van der Waals surface area (Å²) in [5.74, 6) is 0.0639. The van der Waals surface area contributed by atoms with E-state index in [9.17, 15) is 14.0 Å². The Morgan fingerprint density at radius 1 is 1.15 bits per heavy atom. The molecule has 2 amide bonds. The Morgan fingerprint density at radius 2 is 1.97 bits per heavy atom. The SMILES string of the molecule is COc1cccc(C(=O)N2CCSC23C(=O)N(Cc2ccccc2Cl)c2ccc(F)cc23)c1. The first-order valence-corrected chi connectivity index (χ1v) is 11.8. The molecular formula is C25H20ClFN2O3S. The van der Waals surface area contributed by atoms with Crippen LogP contribution in [-0.4, -0.2) is 36.1 Å². The molecule has 0 N–H and O–H groups in total. The van der Waals surface area contributed by atoms with Gasteiger partial charge in [-0.15, -0.1) is 11.8 Å². The van der Waals surface area contributed by atoms with Crippen molar-refractivity contribution in [3.63, 3.8) is 0 Å². The van der Waals surface area contributed by atoms with Crippen LogP contribution in [0.4, 0.5) is 10.1 Å². The predicted octanol–water partition coefficient (Wildman–Crippen LogP) is 5.08. The summed E-state index contributed by atoms with van der Waals surface area (Å²) in [5.41, 5.74) is 2.25. The number of hydrogen-bond donors (Lipinski definition) is 0. The third kappa shape index (κ3) is 3.47. The first-order chi connectivity index (χ1) is 16.0. The Hall–Kier alpha value is -3.03. The lowest BCUT2D eigenvalue weighted by Crippen LogP contribution is -2.50. The lowest BCUT2D eigenvalue weighted by molar-refractivity contribution is -0.123. The van der Waals surface area contributed by atoms with Crippen LogP contribution in [0.25, 0.3) is 0 Å². The quantitative estimate of drug-likeness (QED) is 0.520. The smallest absolute Gasteiger partial charge is 0.268 e. The Kier molecular flexibility index (Phi) is 5.54. The number of fused-ring (bicyclic) bond motifs is 2. The fourth-order valence-corrected chi connectivity index (χ4v) is 6.10. The second-order valence-corrected chi connectivity index (χ2v) is 9.52. The third-order valence-electron chi connectivity index (χ3n) is 6.00. The summed E-state index contributed by atoms with van der Waals surface area (Å²) in [4.78, 5) is 29.4. The van der Waals surface area contributed by atoms with E-state index in [0.717, 1.165) is 5.56 Å². The number of hydrogen-bond acceptors (Lipinski definition) is 4. The molecule has 0 saturated carbocycles. The molecule has 0 bridgehead atoms. The van der Waals surface area contributed by atoms with Gasteiger partial charge >= 0.3 is 0 Å². The molecule has 1 saturated heterocycles. The Morgan fingerprint density at radius 3 is 2.76 bits per heavy atom. The zero-order valence-electron chi connectivity index (χ0n) is 17.8. The van der Waals surface area contributed by atoms with E-state index in [4.69, 9.17) is 16.3 Å². The molecular weight excluding hydrogens is 463 g/mol. The fraction of sp³-hybridized carbons (Fsp3) is 0.200. The number of carbonyl (C=O) groups is 2. The van der Waals surface area contributed by atoms with Crippen molar-refractivity contribution in [3.8, 4) is 5.75 Å². The molecule has 3 aromatic carbocycles. The number of anilines is 1. The molecule has 1 unspecified atom stereocenters. The normalized spacial score (nSPS) is 19.3. The summed E-state index contributed by atoms with van der Waals surface area (Å²) in [6.45, 7) is 0.586. The van der Waals surface area contributed by atoms with Crippen LogP contribution in [0.1, 0.15) is 21.5 Å². The molecule has 2 heterocycles. The zero-order chi connectivity index (χ0) is 23.2. The average Bonchev–Trinajstić information content (AvgIpc) is 3.37. The first-order valence-electron chi connectivity index (χ1n) is 10.4. The van der Waals surface area contributed by atoms with E-state index in [1.807, 2.05) is 18.2 Å². The van der Waals surface area contributed by atoms with Crippen LogP contribution in [0.2, 0.25) is 5.02 Å². The van der Waals surface area contributed by atoms with E-state index in [0.29, 0.717) is 39.9 Å². The highest BCUT2D eigenvalue weighted by Gasteiger charge is 2.59. The molecule has 1 fully saturated rings. The molecule has 5 rings (SSSR count). The number of amides is 2. The van der Waals surface area contributed by atoms with Crippen LogP contribution in [-0.2, 0) is 16.2 Å². The number of benzene rings is 3. The van der Waals surface area contributed by atoms with Crippen molar-refractivity contribution < 1.29 is 18.7 Å². The second-order valence-electron chi connectivity index (χ2n) is 7.83. The molecule has 0 radical (unpaired) electrons. The van der Waals surface area contributed by atoms with E-state index in [1.165, 1.54) is 31.0 Å². The molecule has 1 atom stereocenters. The van der Waals surface area contributed by atoms with Gasteiger partial charge in [0.1, 0.15) is 11.6 Å². The predicted molar refractivity (Wildman–Crippen MR) is 127 cm³/mol. The number of halogens is 2. The van der Waals surface area contributed by atoms with Gasteiger partial charge < -0.3 is 14.5 Å². The summed E-state index contributed by atoms with van der Waals surface area (Å²) in [6, 6.07) is 18.4. The van der Waals surface area contributed by atoms with Crippen molar-refractivity contribution in [1.82, 2.24) is 4.90 Å². The van der Waals surface area contributed by atoms with Crippen LogP contribution < -0.4 is 9.64 Å². The van der Waals surface area contributed by atoms with Gasteiger partial charge in [-0.1, -0.05) is 35.9 Å². The largest absolute Gasteiger partial charge is 0.497 e. The number of thioether (sulfide) groups is 1. The van der Waals surface area contributed by atoms with E-state index >= 15 is 0 Å². The van der Waals surface area contributed by atoms with Crippen LogP contribution in [0.3, 0.4) is 0 Å². The Bertz CT molecular complexity index is 1270. The highest BCUT2D eigenvalue weighted by atomic mass is 35.5. The topological polar surface area (TPSA) is 49.9 Å². The van der Waals surface area contributed by atoms with Crippen molar-refractivity contribution >= 4 is 40.9 Å². The van der Waals surface area contributed by atoms with Crippen molar-refractivity contribution in [3.05, 3.63) is 94.3 Å². The lowest BCUT2D eigenvalue weighted by atomic mass is 10.0. The van der Waals surface area contributed by atoms with Gasteiger partial charge in [-0.3, -0.25) is 9.59 Å². The molecule has 0 aromatic heterocycles. The maximum Gasteiger partial charge on any atom is 0.268 e. The van der Waals surface area contributed by atoms with Crippen LogP contribution in [0, 0.1) is 5.82 Å². The van der Waals surface area contributed by atoms with E-state index in [-0.39, 0.29) is 18.4 Å². The molecule has 1 spiro atoms. The zero-order valence-corrected chi connectivity index (χ0v) is 19.3. The molecule has 2 aliphatic rings. The maximum absolute atomic E-state index is 14.4. The number of methoxy groups -OCH3 is 1. The van der Waals surface area contributed by atoms with Gasteiger partial charge in [0.15, 0.2) is 4.87 Å². The maximum atomic E-state index is 14.4. The van der Waals surface area contributed by atoms with Crippen LogP contribution in [0.15, 0.2) is 66.7 Å². The molecule has 3 aromatic rings. The molecule has 168 valence electrons. The highest BCUT2D eigenvalue weighted by Crippen LogP contribution is 2.55. The molecule has 0 aliphatic carbocycles. The van der Waals surface area contributed by atoms with Crippen molar-refractivity contribution in [2.75, 3.05) is 24.3 Å². The Balaban J connectivity index is 1.60. The standard InChI is InChI=1S/C25H20ClFN2O3S/c1-32-19-7-4-6-16(13-19)23(30)29-11-12-33-25(29)20-14-18(27)9-10-22(20)28(24(25)31)15-17-5-2-3-8-21(17)26/h2-10,13-14H,11-12,15H2,1H3. The molecule has 2 aliphatic heterocycles. The minimum absolute atomic E-state index is 0.223. The number of carbonyl (C=O) groups excluding carboxylic acids is 2. The third-order valence-corrected chi connectivity index (χ3v) is 7.79. The van der Waals surface area contributed by atoms with Gasteiger partial charge in [-0.25, -0.2) is 4.39 Å². The van der Waals surface area contributed by atoms with E-state index in [1.54, 1.807) is 46.2 Å². The van der Waals surface area contributed by atoms with E-state index in [2.05, 4.69) is 0 Å². The van der Waals surface area contributed by atoms with Crippen LogP contribution >= 0.6 is 23.4 Å². The summed E-state index contributed by atoms with van der Waals surface area (Å²) >= 11 is 7.72. The summed E-state index contributed by atoms with van der Waals surface area (Å²) < 4.78 is 19.7. The van der Waals surface area contributed by atoms with E-state index < -0.39 is 10.7 Å².